The SMILES string of the molecule is COCCC(C)C(NN)c1cncc(Br)c1. The summed E-state index contributed by atoms with van der Waals surface area (Å²) in [6.07, 6.45) is 4.55. The minimum absolute atomic E-state index is 0.0974. The molecular formula is C11H18BrN3O. The first-order valence-electron chi connectivity index (χ1n) is 5.24. The number of halogens is 1. The van der Waals surface area contributed by atoms with Gasteiger partial charge in [0.15, 0.2) is 0 Å². The molecule has 0 saturated heterocycles. The quantitative estimate of drug-likeness (QED) is 0.621. The number of nitrogens with two attached hydrogens (primary N) is 1. The standard InChI is InChI=1S/C11H18BrN3O/c1-8(3-4-16-2)11(15-13)9-5-10(12)7-14-6-9/h5-8,11,15H,3-4,13H2,1-2H3. The first-order chi connectivity index (χ1) is 7.69. The first-order valence-corrected chi connectivity index (χ1v) is 6.03. The molecule has 0 spiro atoms. The number of pyridine rings is 1. The van der Waals surface area contributed by atoms with Gasteiger partial charge in [-0.15, -0.1) is 0 Å². The van der Waals surface area contributed by atoms with Crippen molar-refractivity contribution in [2.24, 2.45) is 11.8 Å². The second-order valence-corrected chi connectivity index (χ2v) is 4.76. The Kier molecular flexibility index (Phi) is 5.90. The van der Waals surface area contributed by atoms with E-state index in [2.05, 4.69) is 33.3 Å². The lowest BCUT2D eigenvalue weighted by Gasteiger charge is -2.23. The monoisotopic (exact) mass is 287 g/mol. The number of hydrogen-bond donors (Lipinski definition) is 2. The van der Waals surface area contributed by atoms with Crippen LogP contribution in [0.25, 0.3) is 0 Å². The van der Waals surface area contributed by atoms with Gasteiger partial charge in [0.25, 0.3) is 0 Å². The molecule has 0 aliphatic heterocycles. The van der Waals surface area contributed by atoms with Gasteiger partial charge in [0.05, 0.1) is 6.04 Å². The van der Waals surface area contributed by atoms with Gasteiger partial charge in [-0.2, -0.15) is 0 Å². The summed E-state index contributed by atoms with van der Waals surface area (Å²) in [6.45, 7) is 2.88. The number of hydrazine groups is 1. The van der Waals surface area contributed by atoms with Crippen LogP contribution >= 0.6 is 15.9 Å². The van der Waals surface area contributed by atoms with Crippen LogP contribution in [-0.4, -0.2) is 18.7 Å². The van der Waals surface area contributed by atoms with Gasteiger partial charge in [0.1, 0.15) is 0 Å². The minimum atomic E-state index is 0.0974. The van der Waals surface area contributed by atoms with Crippen molar-refractivity contribution in [1.29, 1.82) is 0 Å². The van der Waals surface area contributed by atoms with Crippen LogP contribution in [-0.2, 0) is 4.74 Å². The van der Waals surface area contributed by atoms with E-state index in [1.54, 1.807) is 13.3 Å². The summed E-state index contributed by atoms with van der Waals surface area (Å²) in [5.74, 6) is 5.98. The average Bonchev–Trinajstić information content (AvgIpc) is 2.27. The number of ether oxygens (including phenoxy) is 1. The van der Waals surface area contributed by atoms with Crippen LogP contribution in [0.5, 0.6) is 0 Å². The van der Waals surface area contributed by atoms with Crippen LogP contribution in [0.15, 0.2) is 22.9 Å². The molecule has 2 atom stereocenters. The number of methoxy groups -OCH3 is 1. The third-order valence-electron chi connectivity index (χ3n) is 2.61. The summed E-state index contributed by atoms with van der Waals surface area (Å²) in [5.41, 5.74) is 3.92. The molecule has 3 N–H and O–H groups in total. The third kappa shape index (κ3) is 3.83. The van der Waals surface area contributed by atoms with E-state index in [-0.39, 0.29) is 6.04 Å². The topological polar surface area (TPSA) is 60.2 Å². The lowest BCUT2D eigenvalue weighted by atomic mass is 9.94. The molecule has 2 unspecified atom stereocenters. The summed E-state index contributed by atoms with van der Waals surface area (Å²) >= 11 is 3.41. The number of rotatable bonds is 6. The van der Waals surface area contributed by atoms with E-state index in [4.69, 9.17) is 10.6 Å². The molecular weight excluding hydrogens is 270 g/mol. The van der Waals surface area contributed by atoms with Gasteiger partial charge in [0, 0.05) is 30.6 Å². The van der Waals surface area contributed by atoms with Gasteiger partial charge in [-0.1, -0.05) is 6.92 Å². The van der Waals surface area contributed by atoms with Crippen LogP contribution < -0.4 is 11.3 Å². The molecule has 0 aliphatic carbocycles. The first kappa shape index (κ1) is 13.6. The van der Waals surface area contributed by atoms with Crippen molar-refractivity contribution in [2.75, 3.05) is 13.7 Å². The average molecular weight is 288 g/mol. The molecule has 5 heteroatoms. The Bertz CT molecular complexity index is 322. The maximum absolute atomic E-state index is 5.59. The largest absolute Gasteiger partial charge is 0.385 e. The summed E-state index contributed by atoms with van der Waals surface area (Å²) < 4.78 is 6.04. The van der Waals surface area contributed by atoms with Crippen LogP contribution in [0.4, 0.5) is 0 Å². The lowest BCUT2D eigenvalue weighted by Crippen LogP contribution is -2.33. The summed E-state index contributed by atoms with van der Waals surface area (Å²) in [7, 11) is 1.71. The second-order valence-electron chi connectivity index (χ2n) is 3.84. The summed E-state index contributed by atoms with van der Waals surface area (Å²) in [5, 5.41) is 0. The van der Waals surface area contributed by atoms with Gasteiger partial charge in [-0.25, -0.2) is 0 Å². The van der Waals surface area contributed by atoms with Gasteiger partial charge in [0.2, 0.25) is 0 Å². The van der Waals surface area contributed by atoms with Gasteiger partial charge in [-0.3, -0.25) is 16.3 Å². The molecule has 0 saturated carbocycles. The van der Waals surface area contributed by atoms with Crippen molar-refractivity contribution in [3.63, 3.8) is 0 Å². The predicted octanol–water partition coefficient (Wildman–Crippen LogP) is 2.02. The highest BCUT2D eigenvalue weighted by Gasteiger charge is 2.18. The second kappa shape index (κ2) is 6.96. The van der Waals surface area contributed by atoms with Crippen LogP contribution in [0.2, 0.25) is 0 Å². The fourth-order valence-corrected chi connectivity index (χ4v) is 2.04. The molecule has 0 bridgehead atoms. The van der Waals surface area contributed by atoms with Crippen LogP contribution in [0.3, 0.4) is 0 Å². The zero-order chi connectivity index (χ0) is 12.0. The van der Waals surface area contributed by atoms with E-state index in [1.165, 1.54) is 0 Å². The van der Waals surface area contributed by atoms with E-state index < -0.39 is 0 Å². The molecule has 0 aliphatic rings. The Morgan fingerprint density at radius 3 is 2.88 bits per heavy atom. The van der Waals surface area contributed by atoms with Gasteiger partial charge >= 0.3 is 0 Å². The van der Waals surface area contributed by atoms with Gasteiger partial charge in [-0.05, 0) is 39.9 Å². The van der Waals surface area contributed by atoms with Crippen molar-refractivity contribution in [1.82, 2.24) is 10.4 Å². The lowest BCUT2D eigenvalue weighted by molar-refractivity contribution is 0.170. The molecule has 1 heterocycles. The number of aromatic nitrogens is 1. The number of hydrogen-bond acceptors (Lipinski definition) is 4. The Morgan fingerprint density at radius 1 is 1.56 bits per heavy atom. The smallest absolute Gasteiger partial charge is 0.0502 e. The Balaban J connectivity index is 2.73. The van der Waals surface area contributed by atoms with Crippen molar-refractivity contribution >= 4 is 15.9 Å². The van der Waals surface area contributed by atoms with Crippen molar-refractivity contribution in [3.8, 4) is 0 Å². The molecule has 0 amide bonds. The Labute approximate surface area is 105 Å². The molecule has 90 valence electrons. The van der Waals surface area contributed by atoms with E-state index in [9.17, 15) is 0 Å². The normalized spacial score (nSPS) is 14.8. The molecule has 16 heavy (non-hydrogen) atoms. The highest BCUT2D eigenvalue weighted by molar-refractivity contribution is 9.10. The molecule has 1 aromatic heterocycles. The number of nitrogens with zero attached hydrogens (tertiary/aromatic N) is 1. The van der Waals surface area contributed by atoms with E-state index in [0.717, 1.165) is 23.1 Å². The van der Waals surface area contributed by atoms with Crippen molar-refractivity contribution in [2.45, 2.75) is 19.4 Å². The van der Waals surface area contributed by atoms with E-state index in [0.29, 0.717) is 5.92 Å². The van der Waals surface area contributed by atoms with Crippen molar-refractivity contribution in [3.05, 3.63) is 28.5 Å². The molecule has 1 aromatic rings. The fourth-order valence-electron chi connectivity index (χ4n) is 1.66. The third-order valence-corrected chi connectivity index (χ3v) is 3.04. The highest BCUT2D eigenvalue weighted by atomic mass is 79.9. The van der Waals surface area contributed by atoms with Crippen LogP contribution in [0.1, 0.15) is 24.9 Å². The Morgan fingerprint density at radius 2 is 2.31 bits per heavy atom. The van der Waals surface area contributed by atoms with Crippen molar-refractivity contribution < 1.29 is 4.74 Å². The molecule has 0 aromatic carbocycles. The highest BCUT2D eigenvalue weighted by Crippen LogP contribution is 2.25. The zero-order valence-corrected chi connectivity index (χ0v) is 11.2. The molecule has 1 rings (SSSR count). The molecule has 4 nitrogen and oxygen atoms in total. The van der Waals surface area contributed by atoms with Crippen LogP contribution in [0, 0.1) is 5.92 Å². The zero-order valence-electron chi connectivity index (χ0n) is 9.61. The predicted molar refractivity (Wildman–Crippen MR) is 67.7 cm³/mol. The van der Waals surface area contributed by atoms with E-state index in [1.807, 2.05) is 12.3 Å². The number of nitrogens with one attached hydrogen (secondary N) is 1. The minimum Gasteiger partial charge on any atom is -0.385 e. The molecule has 0 radical (unpaired) electrons. The molecule has 0 fully saturated rings. The maximum atomic E-state index is 5.59. The van der Waals surface area contributed by atoms with E-state index >= 15 is 0 Å². The fraction of sp³-hybridized carbons (Fsp3) is 0.545. The summed E-state index contributed by atoms with van der Waals surface area (Å²) in [4.78, 5) is 4.14. The van der Waals surface area contributed by atoms with Gasteiger partial charge < -0.3 is 4.74 Å². The summed E-state index contributed by atoms with van der Waals surface area (Å²) in [6, 6.07) is 2.13. The maximum Gasteiger partial charge on any atom is 0.0502 e. The Hall–Kier alpha value is -0.490.